The third-order valence-electron chi connectivity index (χ3n) is 3.65. The summed E-state index contributed by atoms with van der Waals surface area (Å²) in [6.07, 6.45) is 2.47. The molecule has 1 atom stereocenters. The van der Waals surface area contributed by atoms with Gasteiger partial charge in [0.25, 0.3) is 5.91 Å². The summed E-state index contributed by atoms with van der Waals surface area (Å²) in [5.74, 6) is 0.187. The second-order valence-corrected chi connectivity index (χ2v) is 6.54. The molecule has 1 aliphatic rings. The van der Waals surface area contributed by atoms with Crippen LogP contribution in [0.5, 0.6) is 0 Å². The van der Waals surface area contributed by atoms with Crippen LogP contribution in [0.1, 0.15) is 16.1 Å². The average Bonchev–Trinajstić information content (AvgIpc) is 3.16. The number of hydrogen-bond donors (Lipinski definition) is 1. The van der Waals surface area contributed by atoms with Crippen LogP contribution in [0.25, 0.3) is 10.6 Å². The van der Waals surface area contributed by atoms with Gasteiger partial charge in [-0.25, -0.2) is 4.98 Å². The summed E-state index contributed by atoms with van der Waals surface area (Å²) >= 11 is 7.51. The van der Waals surface area contributed by atoms with Crippen LogP contribution < -0.4 is 0 Å². The molecule has 0 bridgehead atoms. The van der Waals surface area contributed by atoms with Gasteiger partial charge in [-0.2, -0.15) is 0 Å². The lowest BCUT2D eigenvalue weighted by Gasteiger charge is -2.14. The quantitative estimate of drug-likeness (QED) is 0.945. The molecule has 2 heterocycles. The van der Waals surface area contributed by atoms with Crippen molar-refractivity contribution in [1.82, 2.24) is 9.88 Å². The minimum absolute atomic E-state index is 0.0123. The zero-order valence-electron chi connectivity index (χ0n) is 11.3. The number of carbonyl (C=O) groups is 1. The number of benzene rings is 1. The van der Waals surface area contributed by atoms with Gasteiger partial charge in [-0.3, -0.25) is 4.79 Å². The Bertz CT molecular complexity index is 659. The van der Waals surface area contributed by atoms with E-state index in [-0.39, 0.29) is 18.4 Å². The molecule has 0 aliphatic carbocycles. The molecule has 1 fully saturated rings. The van der Waals surface area contributed by atoms with Crippen LogP contribution in [0.15, 0.2) is 30.5 Å². The van der Waals surface area contributed by atoms with E-state index in [0.29, 0.717) is 23.0 Å². The topological polar surface area (TPSA) is 53.4 Å². The Morgan fingerprint density at radius 2 is 2.29 bits per heavy atom. The van der Waals surface area contributed by atoms with Gasteiger partial charge in [0.15, 0.2) is 0 Å². The fraction of sp³-hybridized carbons (Fsp3) is 0.333. The molecule has 1 saturated heterocycles. The second-order valence-electron chi connectivity index (χ2n) is 5.10. The van der Waals surface area contributed by atoms with Gasteiger partial charge in [0.1, 0.15) is 9.88 Å². The lowest BCUT2D eigenvalue weighted by atomic mass is 10.1. The fourth-order valence-corrected chi connectivity index (χ4v) is 3.66. The number of halogens is 1. The summed E-state index contributed by atoms with van der Waals surface area (Å²) in [4.78, 5) is 19.1. The molecule has 1 unspecified atom stereocenters. The molecule has 21 heavy (non-hydrogen) atoms. The summed E-state index contributed by atoms with van der Waals surface area (Å²) in [6.45, 7) is 1.45. The number of aliphatic hydroxyl groups excluding tert-OH is 1. The SMILES string of the molecule is O=C(c1cnc(-c2ccccc2Cl)s1)N1CCC(CO)C1. The zero-order chi connectivity index (χ0) is 14.8. The van der Waals surface area contributed by atoms with Gasteiger partial charge >= 0.3 is 0 Å². The summed E-state index contributed by atoms with van der Waals surface area (Å²) in [5.41, 5.74) is 0.845. The largest absolute Gasteiger partial charge is 0.396 e. The Morgan fingerprint density at radius 1 is 1.48 bits per heavy atom. The first-order chi connectivity index (χ1) is 10.2. The van der Waals surface area contributed by atoms with Gasteiger partial charge in [-0.15, -0.1) is 11.3 Å². The predicted octanol–water partition coefficient (Wildman–Crippen LogP) is 2.92. The Morgan fingerprint density at radius 3 is 3.00 bits per heavy atom. The molecule has 1 aliphatic heterocycles. The highest BCUT2D eigenvalue weighted by atomic mass is 35.5. The van der Waals surface area contributed by atoms with Gasteiger partial charge in [0, 0.05) is 31.2 Å². The highest BCUT2D eigenvalue weighted by molar-refractivity contribution is 7.17. The van der Waals surface area contributed by atoms with Crippen LogP contribution in [0, 0.1) is 5.92 Å². The van der Waals surface area contributed by atoms with Crippen LogP contribution in [0.3, 0.4) is 0 Å². The van der Waals surface area contributed by atoms with Crippen molar-refractivity contribution >= 4 is 28.8 Å². The smallest absolute Gasteiger partial charge is 0.265 e. The molecule has 3 rings (SSSR count). The molecule has 0 spiro atoms. The molecule has 2 aromatic rings. The molecular formula is C15H15ClN2O2S. The van der Waals surface area contributed by atoms with Crippen molar-refractivity contribution < 1.29 is 9.90 Å². The standard InChI is InChI=1S/C15H15ClN2O2S/c16-12-4-2-1-3-11(12)14-17-7-13(21-14)15(20)18-6-5-10(8-18)9-19/h1-4,7,10,19H,5-6,8-9H2. The minimum Gasteiger partial charge on any atom is -0.396 e. The number of rotatable bonds is 3. The molecule has 4 nitrogen and oxygen atoms in total. The van der Waals surface area contributed by atoms with E-state index in [1.54, 1.807) is 11.1 Å². The monoisotopic (exact) mass is 322 g/mol. The van der Waals surface area contributed by atoms with E-state index in [2.05, 4.69) is 4.98 Å². The molecule has 110 valence electrons. The summed E-state index contributed by atoms with van der Waals surface area (Å²) < 4.78 is 0. The van der Waals surface area contributed by atoms with Crippen LogP contribution >= 0.6 is 22.9 Å². The molecule has 1 amide bonds. The molecule has 0 radical (unpaired) electrons. The maximum Gasteiger partial charge on any atom is 0.265 e. The van der Waals surface area contributed by atoms with E-state index in [4.69, 9.17) is 16.7 Å². The molecule has 1 aromatic heterocycles. The molecule has 1 aromatic carbocycles. The van der Waals surface area contributed by atoms with Crippen molar-refractivity contribution in [1.29, 1.82) is 0 Å². The number of amides is 1. The van der Waals surface area contributed by atoms with Gasteiger partial charge < -0.3 is 10.0 Å². The third-order valence-corrected chi connectivity index (χ3v) is 5.00. The molecule has 0 saturated carbocycles. The lowest BCUT2D eigenvalue weighted by molar-refractivity contribution is 0.0786. The zero-order valence-corrected chi connectivity index (χ0v) is 12.9. The van der Waals surface area contributed by atoms with Gasteiger partial charge in [0.2, 0.25) is 0 Å². The van der Waals surface area contributed by atoms with E-state index in [1.165, 1.54) is 11.3 Å². The van der Waals surface area contributed by atoms with Crippen molar-refractivity contribution in [3.8, 4) is 10.6 Å². The number of hydrogen-bond acceptors (Lipinski definition) is 4. The van der Waals surface area contributed by atoms with Gasteiger partial charge in [-0.1, -0.05) is 29.8 Å². The first-order valence-electron chi connectivity index (χ1n) is 6.80. The normalized spacial score (nSPS) is 18.2. The molecular weight excluding hydrogens is 308 g/mol. The summed E-state index contributed by atoms with van der Waals surface area (Å²) in [5, 5.41) is 10.5. The molecule has 6 heteroatoms. The van der Waals surface area contributed by atoms with Crippen molar-refractivity contribution in [2.24, 2.45) is 5.92 Å². The van der Waals surface area contributed by atoms with E-state index in [0.717, 1.165) is 17.0 Å². The Balaban J connectivity index is 1.79. The van der Waals surface area contributed by atoms with E-state index in [9.17, 15) is 4.79 Å². The fourth-order valence-electron chi connectivity index (χ4n) is 2.45. The highest BCUT2D eigenvalue weighted by Crippen LogP contribution is 2.31. The van der Waals surface area contributed by atoms with Crippen LogP contribution in [-0.4, -0.2) is 40.6 Å². The van der Waals surface area contributed by atoms with E-state index in [1.807, 2.05) is 24.3 Å². The lowest BCUT2D eigenvalue weighted by Crippen LogP contribution is -2.28. The summed E-state index contributed by atoms with van der Waals surface area (Å²) in [7, 11) is 0. The van der Waals surface area contributed by atoms with Crippen molar-refractivity contribution in [2.75, 3.05) is 19.7 Å². The Labute approximate surface area is 132 Å². The number of likely N-dealkylation sites (tertiary alicyclic amines) is 1. The maximum absolute atomic E-state index is 12.4. The highest BCUT2D eigenvalue weighted by Gasteiger charge is 2.27. The Kier molecular flexibility index (Phi) is 4.24. The maximum atomic E-state index is 12.4. The van der Waals surface area contributed by atoms with Crippen LogP contribution in [-0.2, 0) is 0 Å². The first-order valence-corrected chi connectivity index (χ1v) is 7.99. The van der Waals surface area contributed by atoms with Crippen molar-refractivity contribution in [3.05, 3.63) is 40.4 Å². The number of thiazole rings is 1. The van der Waals surface area contributed by atoms with Gasteiger partial charge in [-0.05, 0) is 12.5 Å². The summed E-state index contributed by atoms with van der Waals surface area (Å²) in [6, 6.07) is 7.47. The van der Waals surface area contributed by atoms with Gasteiger partial charge in [0.05, 0.1) is 11.2 Å². The van der Waals surface area contributed by atoms with E-state index < -0.39 is 0 Å². The number of aromatic nitrogens is 1. The Hall–Kier alpha value is -1.43. The number of carbonyl (C=O) groups excluding carboxylic acids is 1. The first kappa shape index (κ1) is 14.5. The van der Waals surface area contributed by atoms with Crippen LogP contribution in [0.4, 0.5) is 0 Å². The predicted molar refractivity (Wildman–Crippen MR) is 83.7 cm³/mol. The number of aliphatic hydroxyl groups is 1. The second kappa shape index (κ2) is 6.13. The molecule has 1 N–H and O–H groups in total. The van der Waals surface area contributed by atoms with Crippen LogP contribution in [0.2, 0.25) is 5.02 Å². The van der Waals surface area contributed by atoms with E-state index >= 15 is 0 Å². The van der Waals surface area contributed by atoms with Crippen molar-refractivity contribution in [3.63, 3.8) is 0 Å². The third kappa shape index (κ3) is 2.95. The average molecular weight is 323 g/mol. The van der Waals surface area contributed by atoms with Crippen molar-refractivity contribution in [2.45, 2.75) is 6.42 Å². The minimum atomic E-state index is -0.0123. The number of nitrogens with zero attached hydrogens (tertiary/aromatic N) is 2.